The molecule has 1 heterocycles. The molecule has 0 spiro atoms. The maximum Gasteiger partial charge on any atom is 0.255 e. The van der Waals surface area contributed by atoms with Gasteiger partial charge in [0, 0.05) is 12.2 Å². The van der Waals surface area contributed by atoms with Crippen molar-refractivity contribution in [3.8, 4) is 0 Å². The topological polar surface area (TPSA) is 72.9 Å². The molecule has 1 aliphatic carbocycles. The smallest absolute Gasteiger partial charge is 0.255 e. The largest absolute Gasteiger partial charge is 0.345 e. The second-order valence-corrected chi connectivity index (χ2v) is 6.64. The molecule has 1 atom stereocenters. The van der Waals surface area contributed by atoms with Crippen molar-refractivity contribution in [1.29, 1.82) is 0 Å². The Labute approximate surface area is 136 Å². The van der Waals surface area contributed by atoms with Crippen molar-refractivity contribution < 1.29 is 4.79 Å². The van der Waals surface area contributed by atoms with Crippen LogP contribution in [-0.2, 0) is 6.54 Å². The Kier molecular flexibility index (Phi) is 4.22. The summed E-state index contributed by atoms with van der Waals surface area (Å²) >= 11 is 0. The van der Waals surface area contributed by atoms with Crippen molar-refractivity contribution >= 4 is 5.91 Å². The molecule has 1 amide bonds. The van der Waals surface area contributed by atoms with E-state index in [4.69, 9.17) is 5.73 Å². The molecule has 1 fully saturated rings. The summed E-state index contributed by atoms with van der Waals surface area (Å²) in [5.74, 6) is 0.415. The van der Waals surface area contributed by atoms with E-state index in [0.717, 1.165) is 24.1 Å². The third-order valence-corrected chi connectivity index (χ3v) is 4.82. The van der Waals surface area contributed by atoms with Crippen molar-refractivity contribution in [2.45, 2.75) is 38.8 Å². The fraction of sp³-hybridized carbons (Fsp3) is 0.444. The molecule has 2 aromatic rings. The first-order valence-electron chi connectivity index (χ1n) is 8.12. The van der Waals surface area contributed by atoms with Gasteiger partial charge in [0.05, 0.1) is 23.8 Å². The summed E-state index contributed by atoms with van der Waals surface area (Å²) in [6.07, 6.45) is 3.93. The molecule has 1 aromatic heterocycles. The number of amides is 1. The highest BCUT2D eigenvalue weighted by Gasteiger charge is 2.41. The molecule has 23 heavy (non-hydrogen) atoms. The quantitative estimate of drug-likeness (QED) is 0.858. The van der Waals surface area contributed by atoms with Crippen LogP contribution >= 0.6 is 0 Å². The Morgan fingerprint density at radius 1 is 1.39 bits per heavy atom. The van der Waals surface area contributed by atoms with Gasteiger partial charge in [-0.2, -0.15) is 5.10 Å². The molecule has 5 heteroatoms. The van der Waals surface area contributed by atoms with E-state index < -0.39 is 0 Å². The van der Waals surface area contributed by atoms with E-state index in [1.807, 2.05) is 36.7 Å². The lowest BCUT2D eigenvalue weighted by Gasteiger charge is -2.29. The van der Waals surface area contributed by atoms with Crippen molar-refractivity contribution in [2.24, 2.45) is 11.7 Å². The second-order valence-electron chi connectivity index (χ2n) is 6.64. The van der Waals surface area contributed by atoms with Gasteiger partial charge in [-0.1, -0.05) is 30.3 Å². The molecule has 1 aliphatic rings. The number of hydrogen-bond donors (Lipinski definition) is 2. The lowest BCUT2D eigenvalue weighted by atomic mass is 9.95. The van der Waals surface area contributed by atoms with E-state index in [1.54, 1.807) is 6.20 Å². The van der Waals surface area contributed by atoms with Gasteiger partial charge in [-0.3, -0.25) is 9.48 Å². The van der Waals surface area contributed by atoms with Crippen LogP contribution in [0.3, 0.4) is 0 Å². The fourth-order valence-corrected chi connectivity index (χ4v) is 2.95. The minimum absolute atomic E-state index is 0.0818. The van der Waals surface area contributed by atoms with Gasteiger partial charge < -0.3 is 11.1 Å². The van der Waals surface area contributed by atoms with E-state index in [-0.39, 0.29) is 11.4 Å². The molecule has 1 unspecified atom stereocenters. The summed E-state index contributed by atoms with van der Waals surface area (Å²) in [7, 11) is 0. The molecule has 0 saturated heterocycles. The standard InChI is InChI=1S/C18H24N4O/c1-13-16(17(23)21-18(2,12-19)15-8-9-15)10-20-22(13)11-14-6-4-3-5-7-14/h3-7,10,15H,8-9,11-12,19H2,1-2H3,(H,21,23). The third kappa shape index (κ3) is 3.29. The predicted octanol–water partition coefficient (Wildman–Crippen LogP) is 2.10. The van der Waals surface area contributed by atoms with Crippen LogP contribution in [0.5, 0.6) is 0 Å². The van der Waals surface area contributed by atoms with E-state index in [9.17, 15) is 4.79 Å². The maximum atomic E-state index is 12.6. The number of aromatic nitrogens is 2. The lowest BCUT2D eigenvalue weighted by molar-refractivity contribution is 0.0897. The van der Waals surface area contributed by atoms with Crippen molar-refractivity contribution in [1.82, 2.24) is 15.1 Å². The molecule has 5 nitrogen and oxygen atoms in total. The summed E-state index contributed by atoms with van der Waals surface area (Å²) < 4.78 is 1.86. The van der Waals surface area contributed by atoms with Gasteiger partial charge in [0.1, 0.15) is 0 Å². The number of hydrogen-bond acceptors (Lipinski definition) is 3. The molecule has 3 N–H and O–H groups in total. The normalized spacial score (nSPS) is 16.8. The summed E-state index contributed by atoms with van der Waals surface area (Å²) in [5, 5.41) is 7.50. The number of rotatable bonds is 6. The Morgan fingerprint density at radius 3 is 2.70 bits per heavy atom. The fourth-order valence-electron chi connectivity index (χ4n) is 2.95. The monoisotopic (exact) mass is 312 g/mol. The van der Waals surface area contributed by atoms with E-state index >= 15 is 0 Å². The average molecular weight is 312 g/mol. The molecule has 0 bridgehead atoms. The summed E-state index contributed by atoms with van der Waals surface area (Å²) in [6.45, 7) is 5.09. The van der Waals surface area contributed by atoms with Gasteiger partial charge in [0.15, 0.2) is 0 Å². The first-order chi connectivity index (χ1) is 11.0. The number of carbonyl (C=O) groups is 1. The van der Waals surface area contributed by atoms with Crippen LogP contribution in [-0.4, -0.2) is 27.8 Å². The number of nitrogens with two attached hydrogens (primary N) is 1. The van der Waals surface area contributed by atoms with Crippen molar-refractivity contribution in [3.63, 3.8) is 0 Å². The molecule has 122 valence electrons. The minimum atomic E-state index is -0.314. The van der Waals surface area contributed by atoms with Crippen LogP contribution in [0.1, 0.15) is 41.4 Å². The SMILES string of the molecule is Cc1c(C(=O)NC(C)(CN)C2CC2)cnn1Cc1ccccc1. The zero-order valence-corrected chi connectivity index (χ0v) is 13.7. The highest BCUT2D eigenvalue weighted by molar-refractivity contribution is 5.95. The molecule has 1 saturated carbocycles. The number of nitrogens with zero attached hydrogens (tertiary/aromatic N) is 2. The van der Waals surface area contributed by atoms with Crippen LogP contribution in [0, 0.1) is 12.8 Å². The van der Waals surface area contributed by atoms with E-state index in [1.165, 1.54) is 0 Å². The summed E-state index contributed by atoms with van der Waals surface area (Å²) in [5.41, 5.74) is 8.23. The summed E-state index contributed by atoms with van der Waals surface area (Å²) in [6, 6.07) is 10.1. The van der Waals surface area contributed by atoms with Crippen LogP contribution < -0.4 is 11.1 Å². The lowest BCUT2D eigenvalue weighted by Crippen LogP contribution is -2.53. The zero-order valence-electron chi connectivity index (χ0n) is 13.7. The van der Waals surface area contributed by atoms with Crippen LogP contribution in [0.15, 0.2) is 36.5 Å². The second kappa shape index (κ2) is 6.16. The zero-order chi connectivity index (χ0) is 16.4. The van der Waals surface area contributed by atoms with Gasteiger partial charge >= 0.3 is 0 Å². The van der Waals surface area contributed by atoms with E-state index in [2.05, 4.69) is 22.5 Å². The van der Waals surface area contributed by atoms with E-state index in [0.29, 0.717) is 24.6 Å². The van der Waals surface area contributed by atoms with Gasteiger partial charge in [0.25, 0.3) is 5.91 Å². The third-order valence-electron chi connectivity index (χ3n) is 4.82. The molecule has 0 radical (unpaired) electrons. The number of nitrogens with one attached hydrogen (secondary N) is 1. The van der Waals surface area contributed by atoms with Gasteiger partial charge in [-0.15, -0.1) is 0 Å². The van der Waals surface area contributed by atoms with Crippen LogP contribution in [0.2, 0.25) is 0 Å². The van der Waals surface area contributed by atoms with Crippen LogP contribution in [0.25, 0.3) is 0 Å². The maximum absolute atomic E-state index is 12.6. The predicted molar refractivity (Wildman–Crippen MR) is 90.2 cm³/mol. The highest BCUT2D eigenvalue weighted by atomic mass is 16.1. The number of carbonyl (C=O) groups excluding carboxylic acids is 1. The summed E-state index contributed by atoms with van der Waals surface area (Å²) in [4.78, 5) is 12.6. The highest BCUT2D eigenvalue weighted by Crippen LogP contribution is 2.39. The van der Waals surface area contributed by atoms with Gasteiger partial charge in [0.2, 0.25) is 0 Å². The first-order valence-corrected chi connectivity index (χ1v) is 8.12. The molecule has 1 aromatic carbocycles. The van der Waals surface area contributed by atoms with Crippen molar-refractivity contribution in [2.75, 3.05) is 6.54 Å². The van der Waals surface area contributed by atoms with Gasteiger partial charge in [-0.25, -0.2) is 0 Å². The Balaban J connectivity index is 1.74. The van der Waals surface area contributed by atoms with Crippen molar-refractivity contribution in [3.05, 3.63) is 53.3 Å². The first kappa shape index (κ1) is 15.7. The average Bonchev–Trinajstić information content (AvgIpc) is 3.35. The Bertz CT molecular complexity index is 690. The Morgan fingerprint density at radius 2 is 2.09 bits per heavy atom. The number of benzene rings is 1. The minimum Gasteiger partial charge on any atom is -0.345 e. The van der Waals surface area contributed by atoms with Gasteiger partial charge in [-0.05, 0) is 38.2 Å². The molecular formula is C18H24N4O. The molecule has 0 aliphatic heterocycles. The van der Waals surface area contributed by atoms with Crippen LogP contribution in [0.4, 0.5) is 0 Å². The molecular weight excluding hydrogens is 288 g/mol. The molecule has 3 rings (SSSR count). The Hall–Kier alpha value is -2.14.